The van der Waals surface area contributed by atoms with Gasteiger partial charge in [-0.2, -0.15) is 0 Å². The molecule has 2 rings (SSSR count). The number of carbonyl (C=O) groups excluding carboxylic acids is 1. The van der Waals surface area contributed by atoms with E-state index >= 15 is 0 Å². The second-order valence-corrected chi connectivity index (χ2v) is 4.91. The first-order chi connectivity index (χ1) is 9.79. The third kappa shape index (κ3) is 2.97. The van der Waals surface area contributed by atoms with Crippen LogP contribution < -0.4 is 4.74 Å². The smallest absolute Gasteiger partial charge is 0.328 e. The number of carboxylic acids is 1. The van der Waals surface area contributed by atoms with Crippen molar-refractivity contribution in [2.24, 2.45) is 0 Å². The molecule has 0 fully saturated rings. The van der Waals surface area contributed by atoms with Crippen LogP contribution in [-0.2, 0) is 9.59 Å². The number of fused-ring (bicyclic) bond motifs is 1. The lowest BCUT2D eigenvalue weighted by Crippen LogP contribution is -2.01. The number of hydrogen-bond acceptors (Lipinski definition) is 4. The first kappa shape index (κ1) is 14.8. The van der Waals surface area contributed by atoms with Gasteiger partial charge in [-0.05, 0) is 44.0 Å². The van der Waals surface area contributed by atoms with Crippen molar-refractivity contribution >= 4 is 17.5 Å². The van der Waals surface area contributed by atoms with E-state index in [1.807, 2.05) is 13.0 Å². The largest absolute Gasteiger partial charge is 0.478 e. The average molecular weight is 288 g/mol. The molecule has 0 atom stereocenters. The Kier molecular flexibility index (Phi) is 3.84. The molecule has 0 spiro atoms. The van der Waals surface area contributed by atoms with Crippen LogP contribution in [0, 0.1) is 13.8 Å². The zero-order valence-electron chi connectivity index (χ0n) is 12.3. The van der Waals surface area contributed by atoms with Crippen LogP contribution in [0.1, 0.15) is 30.9 Å². The van der Waals surface area contributed by atoms with Gasteiger partial charge < -0.3 is 14.3 Å². The van der Waals surface area contributed by atoms with Gasteiger partial charge in [0.25, 0.3) is 0 Å². The number of allylic oxidation sites excluding steroid dienone is 1. The Morgan fingerprint density at radius 3 is 2.48 bits per heavy atom. The highest BCUT2D eigenvalue weighted by Crippen LogP contribution is 2.41. The molecule has 1 aliphatic heterocycles. The normalized spacial score (nSPS) is 11.7. The SMILES string of the molecule is CC(=O)Oc1cc2cc(C)oc(C(C)=CC(=O)O)c-2c1C. The molecule has 0 saturated heterocycles. The van der Waals surface area contributed by atoms with Crippen molar-refractivity contribution in [1.29, 1.82) is 0 Å². The monoisotopic (exact) mass is 288 g/mol. The number of carboxylic acid groups (broad SMARTS) is 1. The first-order valence-electron chi connectivity index (χ1n) is 6.43. The fourth-order valence-electron chi connectivity index (χ4n) is 2.33. The zero-order chi connectivity index (χ0) is 15.7. The lowest BCUT2D eigenvalue weighted by atomic mass is 10.0. The number of ether oxygens (including phenoxy) is 1. The highest BCUT2D eigenvalue weighted by atomic mass is 16.5. The first-order valence-corrected chi connectivity index (χ1v) is 6.43. The highest BCUT2D eigenvalue weighted by Gasteiger charge is 2.22. The topological polar surface area (TPSA) is 76.7 Å². The summed E-state index contributed by atoms with van der Waals surface area (Å²) in [5.41, 5.74) is 2.85. The summed E-state index contributed by atoms with van der Waals surface area (Å²) in [6.07, 6.45) is 1.09. The van der Waals surface area contributed by atoms with E-state index in [-0.39, 0.29) is 0 Å². The molecule has 1 N–H and O–H groups in total. The minimum atomic E-state index is -1.04. The number of aryl methyl sites for hydroxylation is 1. The summed E-state index contributed by atoms with van der Waals surface area (Å²) in [6.45, 7) is 6.60. The van der Waals surface area contributed by atoms with Crippen LogP contribution in [0.5, 0.6) is 5.75 Å². The number of esters is 1. The maximum atomic E-state index is 11.1. The van der Waals surface area contributed by atoms with Crippen LogP contribution in [0.2, 0.25) is 0 Å². The van der Waals surface area contributed by atoms with Gasteiger partial charge in [0.15, 0.2) is 0 Å². The van der Waals surface area contributed by atoms with E-state index in [1.165, 1.54) is 6.92 Å². The highest BCUT2D eigenvalue weighted by molar-refractivity contribution is 5.93. The number of rotatable bonds is 3. The minimum absolute atomic E-state index is 0.401. The van der Waals surface area contributed by atoms with Gasteiger partial charge >= 0.3 is 11.9 Å². The van der Waals surface area contributed by atoms with E-state index in [2.05, 4.69) is 0 Å². The zero-order valence-corrected chi connectivity index (χ0v) is 12.3. The van der Waals surface area contributed by atoms with Gasteiger partial charge in [-0.25, -0.2) is 4.79 Å². The predicted molar refractivity (Wildman–Crippen MR) is 77.4 cm³/mol. The van der Waals surface area contributed by atoms with Gasteiger partial charge in [0.05, 0.1) is 0 Å². The van der Waals surface area contributed by atoms with E-state index < -0.39 is 11.9 Å². The molecule has 0 amide bonds. The average Bonchev–Trinajstić information content (AvgIpc) is 2.63. The molecular weight excluding hydrogens is 272 g/mol. The van der Waals surface area contributed by atoms with Gasteiger partial charge in [0.2, 0.25) is 0 Å². The molecule has 1 aliphatic carbocycles. The number of carbonyl (C=O) groups is 2. The quantitative estimate of drug-likeness (QED) is 0.691. The van der Waals surface area contributed by atoms with Crippen molar-refractivity contribution in [2.45, 2.75) is 27.7 Å². The maximum absolute atomic E-state index is 11.1. The summed E-state index contributed by atoms with van der Waals surface area (Å²) in [5, 5.41) is 8.89. The van der Waals surface area contributed by atoms with Gasteiger partial charge in [-0.3, -0.25) is 4.79 Å². The molecule has 110 valence electrons. The maximum Gasteiger partial charge on any atom is 0.328 e. The Morgan fingerprint density at radius 1 is 1.24 bits per heavy atom. The Hall–Kier alpha value is -2.56. The second kappa shape index (κ2) is 5.44. The lowest BCUT2D eigenvalue weighted by Gasteiger charge is -2.10. The molecule has 1 heterocycles. The Labute approximate surface area is 122 Å². The Bertz CT molecular complexity index is 721. The van der Waals surface area contributed by atoms with Crippen molar-refractivity contribution < 1.29 is 23.8 Å². The van der Waals surface area contributed by atoms with Crippen molar-refractivity contribution in [3.63, 3.8) is 0 Å². The number of hydrogen-bond donors (Lipinski definition) is 1. The molecule has 21 heavy (non-hydrogen) atoms. The van der Waals surface area contributed by atoms with Gasteiger partial charge in [0.1, 0.15) is 17.3 Å². The molecule has 0 radical (unpaired) electrons. The van der Waals surface area contributed by atoms with E-state index in [1.54, 1.807) is 19.9 Å². The summed E-state index contributed by atoms with van der Waals surface area (Å²) in [6, 6.07) is 3.58. The third-order valence-electron chi connectivity index (χ3n) is 3.12. The van der Waals surface area contributed by atoms with E-state index in [0.717, 1.165) is 22.8 Å². The molecule has 5 heteroatoms. The van der Waals surface area contributed by atoms with Gasteiger partial charge in [0, 0.05) is 24.1 Å². The summed E-state index contributed by atoms with van der Waals surface area (Å²) in [5.74, 6) is 0.143. The van der Waals surface area contributed by atoms with Crippen LogP contribution >= 0.6 is 0 Å². The van der Waals surface area contributed by atoms with Crippen molar-refractivity contribution in [1.82, 2.24) is 0 Å². The van der Waals surface area contributed by atoms with E-state index in [0.29, 0.717) is 22.8 Å². The van der Waals surface area contributed by atoms with Crippen LogP contribution in [0.25, 0.3) is 16.7 Å². The predicted octanol–water partition coefficient (Wildman–Crippen LogP) is 3.41. The number of aliphatic carboxylic acids is 1. The molecule has 0 aromatic carbocycles. The Balaban J connectivity index is 2.69. The minimum Gasteiger partial charge on any atom is -0.478 e. The van der Waals surface area contributed by atoms with Crippen molar-refractivity contribution in [3.05, 3.63) is 35.3 Å². The summed E-state index contributed by atoms with van der Waals surface area (Å²) in [4.78, 5) is 22.0. The van der Waals surface area contributed by atoms with Crippen molar-refractivity contribution in [3.8, 4) is 16.9 Å². The molecule has 0 unspecified atom stereocenters. The fourth-order valence-corrected chi connectivity index (χ4v) is 2.33. The second-order valence-electron chi connectivity index (χ2n) is 4.91. The van der Waals surface area contributed by atoms with Crippen LogP contribution in [-0.4, -0.2) is 17.0 Å². The van der Waals surface area contributed by atoms with Crippen LogP contribution in [0.3, 0.4) is 0 Å². The summed E-state index contributed by atoms with van der Waals surface area (Å²) in [7, 11) is 0. The molecular formula is C16H16O5. The standard InChI is InChI=1S/C16H16O5/c1-8(5-14(18)19)16-15-10(3)13(21-11(4)17)7-12(15)6-9(2)20-16/h5-7H,1-4H3,(H,18,19). The molecule has 0 saturated carbocycles. The summed E-state index contributed by atoms with van der Waals surface area (Å²) >= 11 is 0. The summed E-state index contributed by atoms with van der Waals surface area (Å²) < 4.78 is 10.8. The van der Waals surface area contributed by atoms with E-state index in [9.17, 15) is 9.59 Å². The van der Waals surface area contributed by atoms with Crippen LogP contribution in [0.15, 0.2) is 22.6 Å². The van der Waals surface area contributed by atoms with Crippen molar-refractivity contribution in [2.75, 3.05) is 0 Å². The Morgan fingerprint density at radius 2 is 1.90 bits per heavy atom. The van der Waals surface area contributed by atoms with E-state index in [4.69, 9.17) is 14.3 Å². The molecule has 0 aromatic rings. The van der Waals surface area contributed by atoms with Crippen LogP contribution in [0.4, 0.5) is 0 Å². The molecule has 5 nitrogen and oxygen atoms in total. The van der Waals surface area contributed by atoms with Gasteiger partial charge in [-0.1, -0.05) is 0 Å². The fraction of sp³-hybridized carbons (Fsp3) is 0.250. The van der Waals surface area contributed by atoms with Gasteiger partial charge in [-0.15, -0.1) is 0 Å². The third-order valence-corrected chi connectivity index (χ3v) is 3.12. The molecule has 2 aliphatic rings. The lowest BCUT2D eigenvalue weighted by molar-refractivity contribution is -0.132. The molecule has 0 aromatic heterocycles. The molecule has 0 bridgehead atoms.